The highest BCUT2D eigenvalue weighted by molar-refractivity contribution is 4.90. The maximum Gasteiger partial charge on any atom is 0.147 e. The van der Waals surface area contributed by atoms with Crippen molar-refractivity contribution in [1.29, 1.82) is 0 Å². The minimum Gasteiger partial charge on any atom is -0.391 e. The van der Waals surface area contributed by atoms with Gasteiger partial charge >= 0.3 is 0 Å². The molecule has 2 unspecified atom stereocenters. The highest BCUT2D eigenvalue weighted by Gasteiger charge is 2.14. The van der Waals surface area contributed by atoms with Crippen molar-refractivity contribution in [3.63, 3.8) is 0 Å². The Morgan fingerprint density at radius 1 is 1.33 bits per heavy atom. The van der Waals surface area contributed by atoms with Gasteiger partial charge in [-0.2, -0.15) is 5.10 Å². The molecule has 0 aromatic carbocycles. The summed E-state index contributed by atoms with van der Waals surface area (Å²) in [5.74, 6) is 1.60. The second-order valence-corrected chi connectivity index (χ2v) is 3.13. The molecule has 0 radical (unpaired) electrons. The van der Waals surface area contributed by atoms with E-state index in [0.29, 0.717) is 0 Å². The van der Waals surface area contributed by atoms with Crippen molar-refractivity contribution >= 4 is 0 Å². The number of hydrogen-bond donors (Lipinski definition) is 1. The molecular weight excluding hydrogens is 154 g/mol. The van der Waals surface area contributed by atoms with E-state index >= 15 is 0 Å². The first kappa shape index (κ1) is 9.19. The zero-order chi connectivity index (χ0) is 9.30. The lowest BCUT2D eigenvalue weighted by atomic mass is 10.2. The van der Waals surface area contributed by atoms with Crippen LogP contribution in [0.15, 0.2) is 0 Å². The average molecular weight is 169 g/mol. The minimum atomic E-state index is -0.398. The van der Waals surface area contributed by atoms with Gasteiger partial charge in [-0.15, -0.1) is 0 Å². The van der Waals surface area contributed by atoms with Crippen LogP contribution in [-0.2, 0) is 0 Å². The molecule has 0 aliphatic carbocycles. The number of aliphatic hydroxyl groups excluding tert-OH is 1. The van der Waals surface area contributed by atoms with Crippen LogP contribution in [0.1, 0.15) is 31.5 Å². The molecule has 1 aromatic rings. The molecule has 1 heterocycles. The molecular formula is C8H15N3O. The monoisotopic (exact) mass is 169 g/mol. The predicted octanol–water partition coefficient (Wildman–Crippen LogP) is 0.837. The molecule has 2 atom stereocenters. The molecule has 0 saturated carbocycles. The summed E-state index contributed by atoms with van der Waals surface area (Å²) < 4.78 is 1.75. The van der Waals surface area contributed by atoms with E-state index in [2.05, 4.69) is 10.1 Å². The zero-order valence-corrected chi connectivity index (χ0v) is 7.94. The number of aromatic nitrogens is 3. The standard InChI is InChI=1S/C8H15N3O/c1-5(6(2)12)11-8(4)9-7(3)10-11/h5-6,12H,1-4H3. The Balaban J connectivity index is 2.94. The van der Waals surface area contributed by atoms with Crippen LogP contribution >= 0.6 is 0 Å². The number of aliphatic hydroxyl groups is 1. The Labute approximate surface area is 72.2 Å². The van der Waals surface area contributed by atoms with Gasteiger partial charge in [0.1, 0.15) is 11.6 Å². The highest BCUT2D eigenvalue weighted by Crippen LogP contribution is 2.11. The third-order valence-corrected chi connectivity index (χ3v) is 1.99. The summed E-state index contributed by atoms with van der Waals surface area (Å²) in [5.41, 5.74) is 0. The van der Waals surface area contributed by atoms with Crippen LogP contribution in [0.25, 0.3) is 0 Å². The number of nitrogens with zero attached hydrogens (tertiary/aromatic N) is 3. The summed E-state index contributed by atoms with van der Waals surface area (Å²) in [7, 11) is 0. The molecule has 12 heavy (non-hydrogen) atoms. The van der Waals surface area contributed by atoms with E-state index < -0.39 is 6.10 Å². The first-order valence-corrected chi connectivity index (χ1v) is 4.10. The van der Waals surface area contributed by atoms with E-state index in [9.17, 15) is 5.11 Å². The first-order valence-electron chi connectivity index (χ1n) is 4.10. The number of rotatable bonds is 2. The van der Waals surface area contributed by atoms with Gasteiger partial charge in [-0.05, 0) is 27.7 Å². The van der Waals surface area contributed by atoms with Crippen LogP contribution in [0.4, 0.5) is 0 Å². The Bertz CT molecular complexity index is 267. The molecule has 0 saturated heterocycles. The first-order chi connectivity index (χ1) is 5.52. The molecule has 0 aliphatic rings. The van der Waals surface area contributed by atoms with Crippen molar-refractivity contribution in [3.8, 4) is 0 Å². The van der Waals surface area contributed by atoms with E-state index in [0.717, 1.165) is 11.6 Å². The van der Waals surface area contributed by atoms with E-state index in [4.69, 9.17) is 0 Å². The lowest BCUT2D eigenvalue weighted by Crippen LogP contribution is -2.20. The van der Waals surface area contributed by atoms with Gasteiger partial charge < -0.3 is 5.11 Å². The van der Waals surface area contributed by atoms with Gasteiger partial charge in [0.2, 0.25) is 0 Å². The van der Waals surface area contributed by atoms with Crippen LogP contribution in [0, 0.1) is 13.8 Å². The lowest BCUT2D eigenvalue weighted by molar-refractivity contribution is 0.131. The van der Waals surface area contributed by atoms with Crippen LogP contribution in [0.2, 0.25) is 0 Å². The lowest BCUT2D eigenvalue weighted by Gasteiger charge is -2.15. The molecule has 1 rings (SSSR count). The molecule has 0 fully saturated rings. The Morgan fingerprint density at radius 3 is 2.25 bits per heavy atom. The molecule has 1 N–H and O–H groups in total. The molecule has 0 bridgehead atoms. The topological polar surface area (TPSA) is 50.9 Å². The highest BCUT2D eigenvalue weighted by atomic mass is 16.3. The third-order valence-electron chi connectivity index (χ3n) is 1.99. The number of hydrogen-bond acceptors (Lipinski definition) is 3. The summed E-state index contributed by atoms with van der Waals surface area (Å²) in [6.45, 7) is 7.41. The maximum atomic E-state index is 9.32. The van der Waals surface area contributed by atoms with Crippen molar-refractivity contribution in [2.75, 3.05) is 0 Å². The van der Waals surface area contributed by atoms with Crippen LogP contribution < -0.4 is 0 Å². The van der Waals surface area contributed by atoms with Crippen molar-refractivity contribution < 1.29 is 5.11 Å². The Morgan fingerprint density at radius 2 is 1.92 bits per heavy atom. The second kappa shape index (κ2) is 3.23. The quantitative estimate of drug-likeness (QED) is 0.713. The van der Waals surface area contributed by atoms with Crippen molar-refractivity contribution in [2.24, 2.45) is 0 Å². The predicted molar refractivity (Wildman–Crippen MR) is 45.9 cm³/mol. The maximum absolute atomic E-state index is 9.32. The van der Waals surface area contributed by atoms with E-state index in [1.165, 1.54) is 0 Å². The molecule has 0 aliphatic heterocycles. The normalized spacial score (nSPS) is 16.1. The summed E-state index contributed by atoms with van der Waals surface area (Å²) >= 11 is 0. The fourth-order valence-electron chi connectivity index (χ4n) is 1.13. The van der Waals surface area contributed by atoms with E-state index in [1.807, 2.05) is 20.8 Å². The summed E-state index contributed by atoms with van der Waals surface area (Å²) in [4.78, 5) is 4.16. The second-order valence-electron chi connectivity index (χ2n) is 3.13. The van der Waals surface area contributed by atoms with Gasteiger partial charge in [0.15, 0.2) is 0 Å². The largest absolute Gasteiger partial charge is 0.391 e. The average Bonchev–Trinajstić information content (AvgIpc) is 2.28. The molecule has 1 aromatic heterocycles. The number of aryl methyl sites for hydroxylation is 2. The summed E-state index contributed by atoms with van der Waals surface area (Å²) in [6, 6.07) is -0.00815. The smallest absolute Gasteiger partial charge is 0.147 e. The zero-order valence-electron chi connectivity index (χ0n) is 7.94. The Hall–Kier alpha value is -0.900. The van der Waals surface area contributed by atoms with Crippen LogP contribution in [0.5, 0.6) is 0 Å². The van der Waals surface area contributed by atoms with Gasteiger partial charge in [0, 0.05) is 0 Å². The fourth-order valence-corrected chi connectivity index (χ4v) is 1.13. The van der Waals surface area contributed by atoms with Crippen LogP contribution in [0.3, 0.4) is 0 Å². The molecule has 0 spiro atoms. The third kappa shape index (κ3) is 1.64. The Kier molecular flexibility index (Phi) is 2.47. The summed E-state index contributed by atoms with van der Waals surface area (Å²) in [6.07, 6.45) is -0.398. The fraction of sp³-hybridized carbons (Fsp3) is 0.750. The van der Waals surface area contributed by atoms with Gasteiger partial charge in [0.05, 0.1) is 12.1 Å². The molecule has 68 valence electrons. The van der Waals surface area contributed by atoms with Crippen molar-refractivity contribution in [1.82, 2.24) is 14.8 Å². The molecule has 4 heteroatoms. The minimum absolute atomic E-state index is 0.00815. The SMILES string of the molecule is Cc1nc(C)n(C(C)C(C)O)n1. The van der Waals surface area contributed by atoms with Gasteiger partial charge in [-0.3, -0.25) is 0 Å². The van der Waals surface area contributed by atoms with Crippen molar-refractivity contribution in [2.45, 2.75) is 39.8 Å². The van der Waals surface area contributed by atoms with Gasteiger partial charge in [-0.25, -0.2) is 9.67 Å². The molecule has 0 amide bonds. The van der Waals surface area contributed by atoms with Gasteiger partial charge in [-0.1, -0.05) is 0 Å². The van der Waals surface area contributed by atoms with E-state index in [1.54, 1.807) is 11.6 Å². The molecule has 4 nitrogen and oxygen atoms in total. The van der Waals surface area contributed by atoms with E-state index in [-0.39, 0.29) is 6.04 Å². The van der Waals surface area contributed by atoms with Crippen molar-refractivity contribution in [3.05, 3.63) is 11.6 Å². The summed E-state index contributed by atoms with van der Waals surface area (Å²) in [5, 5.41) is 13.5. The van der Waals surface area contributed by atoms with Gasteiger partial charge in [0.25, 0.3) is 0 Å². The van der Waals surface area contributed by atoms with Crippen LogP contribution in [-0.4, -0.2) is 26.0 Å².